The lowest BCUT2D eigenvalue weighted by Crippen LogP contribution is -2.59. The van der Waals surface area contributed by atoms with Crippen molar-refractivity contribution in [2.45, 2.75) is 6.04 Å². The lowest BCUT2D eigenvalue weighted by atomic mass is 10.1. The highest BCUT2D eigenvalue weighted by Gasteiger charge is 2.36. The molecule has 20 heavy (non-hydrogen) atoms. The number of phenolic OH excluding ortho intramolecular Hbond substituents is 1. The Morgan fingerprint density at radius 3 is 2.75 bits per heavy atom. The van der Waals surface area contributed by atoms with E-state index >= 15 is 0 Å². The van der Waals surface area contributed by atoms with E-state index in [1.54, 1.807) is 0 Å². The molecule has 8 heteroatoms. The third-order valence-electron chi connectivity index (χ3n) is 2.92. The summed E-state index contributed by atoms with van der Waals surface area (Å²) in [5.74, 6) is -3.96. The van der Waals surface area contributed by atoms with Gasteiger partial charge in [0.2, 0.25) is 5.91 Å². The van der Waals surface area contributed by atoms with Gasteiger partial charge in [0.1, 0.15) is 24.2 Å². The minimum atomic E-state index is -1.30. The van der Waals surface area contributed by atoms with Gasteiger partial charge >= 0.3 is 5.97 Å². The summed E-state index contributed by atoms with van der Waals surface area (Å²) in [7, 11) is 0. The van der Waals surface area contributed by atoms with Crippen molar-refractivity contribution in [3.05, 3.63) is 29.6 Å². The number of halogens is 1. The van der Waals surface area contributed by atoms with Crippen molar-refractivity contribution in [2.24, 2.45) is 0 Å². The highest BCUT2D eigenvalue weighted by Crippen LogP contribution is 2.21. The zero-order valence-electron chi connectivity index (χ0n) is 10.2. The molecule has 1 fully saturated rings. The number of amides is 2. The second-order valence-corrected chi connectivity index (χ2v) is 4.25. The van der Waals surface area contributed by atoms with Gasteiger partial charge < -0.3 is 20.4 Å². The molecule has 2 amide bonds. The van der Waals surface area contributed by atoms with Crippen LogP contribution in [-0.2, 0) is 9.59 Å². The predicted molar refractivity (Wildman–Crippen MR) is 63.5 cm³/mol. The number of hydrogen-bond acceptors (Lipinski definition) is 4. The summed E-state index contributed by atoms with van der Waals surface area (Å²) >= 11 is 0. The van der Waals surface area contributed by atoms with Crippen LogP contribution in [0.4, 0.5) is 4.39 Å². The van der Waals surface area contributed by atoms with Gasteiger partial charge in [0, 0.05) is 6.54 Å². The SMILES string of the molecule is O=C1CN(C(=O)c2cc(F)ccc2O)C(C(=O)O)CN1. The third kappa shape index (κ3) is 2.53. The maximum atomic E-state index is 13.1. The normalized spacial score (nSPS) is 18.6. The number of carboxylic acids is 1. The number of piperazine rings is 1. The Bertz CT molecular complexity index is 589. The molecule has 1 aromatic carbocycles. The number of aromatic hydroxyl groups is 1. The molecule has 1 aromatic rings. The molecule has 0 radical (unpaired) electrons. The van der Waals surface area contributed by atoms with Crippen LogP contribution < -0.4 is 5.32 Å². The Morgan fingerprint density at radius 1 is 1.40 bits per heavy atom. The quantitative estimate of drug-likeness (QED) is 0.681. The van der Waals surface area contributed by atoms with E-state index in [0.717, 1.165) is 23.1 Å². The summed E-state index contributed by atoms with van der Waals surface area (Å²) in [6, 6.07) is 1.48. The molecule has 1 aliphatic rings. The molecule has 106 valence electrons. The first-order valence-corrected chi connectivity index (χ1v) is 5.69. The van der Waals surface area contributed by atoms with Crippen molar-refractivity contribution in [3.8, 4) is 5.75 Å². The van der Waals surface area contributed by atoms with Gasteiger partial charge in [-0.3, -0.25) is 9.59 Å². The van der Waals surface area contributed by atoms with E-state index in [2.05, 4.69) is 5.32 Å². The van der Waals surface area contributed by atoms with Crippen LogP contribution in [-0.4, -0.2) is 52.0 Å². The van der Waals surface area contributed by atoms with Crippen LogP contribution in [0.3, 0.4) is 0 Å². The molecule has 1 atom stereocenters. The highest BCUT2D eigenvalue weighted by atomic mass is 19.1. The molecular weight excluding hydrogens is 271 g/mol. The first kappa shape index (κ1) is 13.8. The number of rotatable bonds is 2. The molecule has 2 rings (SSSR count). The number of carbonyl (C=O) groups excluding carboxylic acids is 2. The Kier molecular flexibility index (Phi) is 3.55. The van der Waals surface area contributed by atoms with E-state index in [0.29, 0.717) is 0 Å². The largest absolute Gasteiger partial charge is 0.507 e. The molecule has 0 aromatic heterocycles. The maximum Gasteiger partial charge on any atom is 0.328 e. The van der Waals surface area contributed by atoms with E-state index in [9.17, 15) is 23.9 Å². The topological polar surface area (TPSA) is 107 Å². The average molecular weight is 282 g/mol. The second kappa shape index (κ2) is 5.16. The van der Waals surface area contributed by atoms with Gasteiger partial charge in [0.25, 0.3) is 5.91 Å². The number of benzene rings is 1. The van der Waals surface area contributed by atoms with Crippen molar-refractivity contribution in [1.82, 2.24) is 10.2 Å². The number of carboxylic acid groups (broad SMARTS) is 1. The molecule has 1 saturated heterocycles. The molecule has 3 N–H and O–H groups in total. The van der Waals surface area contributed by atoms with Gasteiger partial charge in [-0.1, -0.05) is 0 Å². The predicted octanol–water partition coefficient (Wildman–Crippen LogP) is -0.443. The lowest BCUT2D eigenvalue weighted by Gasteiger charge is -2.32. The van der Waals surface area contributed by atoms with E-state index in [1.807, 2.05) is 0 Å². The molecule has 1 heterocycles. The van der Waals surface area contributed by atoms with Gasteiger partial charge in [0.15, 0.2) is 0 Å². The first-order valence-electron chi connectivity index (χ1n) is 5.69. The summed E-state index contributed by atoms with van der Waals surface area (Å²) in [5, 5.41) is 20.9. The monoisotopic (exact) mass is 282 g/mol. The van der Waals surface area contributed by atoms with E-state index in [4.69, 9.17) is 5.11 Å². The Morgan fingerprint density at radius 2 is 2.10 bits per heavy atom. The Hall–Kier alpha value is -2.64. The van der Waals surface area contributed by atoms with Gasteiger partial charge in [-0.2, -0.15) is 0 Å². The maximum absolute atomic E-state index is 13.1. The van der Waals surface area contributed by atoms with Crippen molar-refractivity contribution >= 4 is 17.8 Å². The number of nitrogens with zero attached hydrogens (tertiary/aromatic N) is 1. The summed E-state index contributed by atoms with van der Waals surface area (Å²) in [4.78, 5) is 35.3. The third-order valence-corrected chi connectivity index (χ3v) is 2.92. The molecule has 0 spiro atoms. The number of phenols is 1. The summed E-state index contributed by atoms with van der Waals surface area (Å²) in [6.07, 6.45) is 0. The van der Waals surface area contributed by atoms with Gasteiger partial charge in [-0.15, -0.1) is 0 Å². The van der Waals surface area contributed by atoms with Crippen LogP contribution in [0.1, 0.15) is 10.4 Å². The number of hydrogen-bond donors (Lipinski definition) is 3. The Labute approximate surface area is 112 Å². The first-order chi connectivity index (χ1) is 9.40. The van der Waals surface area contributed by atoms with Crippen LogP contribution in [0.5, 0.6) is 5.75 Å². The van der Waals surface area contributed by atoms with Gasteiger partial charge in [-0.25, -0.2) is 9.18 Å². The van der Waals surface area contributed by atoms with Crippen molar-refractivity contribution in [2.75, 3.05) is 13.1 Å². The number of nitrogens with one attached hydrogen (secondary N) is 1. The average Bonchev–Trinajstić information content (AvgIpc) is 2.40. The van der Waals surface area contributed by atoms with Crippen LogP contribution in [0.2, 0.25) is 0 Å². The summed E-state index contributed by atoms with van der Waals surface area (Å²) in [6.45, 7) is -0.707. The molecule has 0 saturated carbocycles. The lowest BCUT2D eigenvalue weighted by molar-refractivity contribution is -0.144. The van der Waals surface area contributed by atoms with Crippen LogP contribution in [0.15, 0.2) is 18.2 Å². The van der Waals surface area contributed by atoms with Gasteiger partial charge in [-0.05, 0) is 18.2 Å². The molecule has 7 nitrogen and oxygen atoms in total. The summed E-state index contributed by atoms with van der Waals surface area (Å²) < 4.78 is 13.1. The zero-order chi connectivity index (χ0) is 14.9. The molecule has 0 bridgehead atoms. The van der Waals surface area contributed by atoms with Crippen LogP contribution >= 0.6 is 0 Å². The van der Waals surface area contributed by atoms with Crippen molar-refractivity contribution < 1.29 is 29.0 Å². The van der Waals surface area contributed by atoms with Crippen molar-refractivity contribution in [1.29, 1.82) is 0 Å². The van der Waals surface area contributed by atoms with E-state index < -0.39 is 41.9 Å². The fourth-order valence-corrected chi connectivity index (χ4v) is 1.91. The minimum absolute atomic E-state index is 0.240. The molecule has 1 unspecified atom stereocenters. The van der Waals surface area contributed by atoms with Crippen LogP contribution in [0.25, 0.3) is 0 Å². The minimum Gasteiger partial charge on any atom is -0.507 e. The van der Waals surface area contributed by atoms with Gasteiger partial charge in [0.05, 0.1) is 5.56 Å². The zero-order valence-corrected chi connectivity index (χ0v) is 10.2. The molecule has 0 aliphatic carbocycles. The fourth-order valence-electron chi connectivity index (χ4n) is 1.91. The smallest absolute Gasteiger partial charge is 0.328 e. The molecular formula is C12H11FN2O5. The van der Waals surface area contributed by atoms with E-state index in [-0.39, 0.29) is 12.1 Å². The second-order valence-electron chi connectivity index (χ2n) is 4.25. The standard InChI is InChI=1S/C12H11FN2O5/c13-6-1-2-9(16)7(3-6)11(18)15-5-10(17)14-4-8(15)12(19)20/h1-3,8,16H,4-5H2,(H,14,17)(H,19,20). The number of aliphatic carboxylic acids is 1. The number of carbonyl (C=O) groups is 3. The molecule has 1 aliphatic heterocycles. The van der Waals surface area contributed by atoms with Crippen LogP contribution in [0, 0.1) is 5.82 Å². The highest BCUT2D eigenvalue weighted by molar-refractivity contribution is 6.01. The summed E-state index contributed by atoms with van der Waals surface area (Å²) in [5.41, 5.74) is -0.383. The Balaban J connectivity index is 2.36. The fraction of sp³-hybridized carbons (Fsp3) is 0.250. The van der Waals surface area contributed by atoms with E-state index in [1.165, 1.54) is 0 Å². The van der Waals surface area contributed by atoms with Crippen molar-refractivity contribution in [3.63, 3.8) is 0 Å².